The van der Waals surface area contributed by atoms with Gasteiger partial charge in [0.2, 0.25) is 15.9 Å². The van der Waals surface area contributed by atoms with E-state index in [1.165, 1.54) is 38.7 Å². The number of amides is 1. The van der Waals surface area contributed by atoms with Crippen molar-refractivity contribution in [2.45, 2.75) is 31.3 Å². The van der Waals surface area contributed by atoms with E-state index in [9.17, 15) is 13.2 Å². The Morgan fingerprint density at radius 1 is 1.19 bits per heavy atom. The largest absolute Gasteiger partial charge is 0.497 e. The Balaban J connectivity index is 2.20. The van der Waals surface area contributed by atoms with E-state index in [1.807, 2.05) is 0 Å². The smallest absolute Gasteiger partial charge is 0.244 e. The third-order valence-corrected chi connectivity index (χ3v) is 5.39. The molecule has 0 unspecified atom stereocenters. The van der Waals surface area contributed by atoms with Gasteiger partial charge in [0.25, 0.3) is 0 Å². The standard InChI is InChI=1S/C18H24N2O6S/c1-12(2)17(18(21)19-11-14-6-5-9-26-14)20-27(22,23)16-8-7-13(24-3)10-15(16)25-4/h5-10,12,17,20H,11H2,1-4H3,(H,19,21)/t17-/m1/s1. The van der Waals surface area contributed by atoms with Crippen LogP contribution in [-0.4, -0.2) is 34.6 Å². The first kappa shape index (κ1) is 20.8. The van der Waals surface area contributed by atoms with Crippen LogP contribution >= 0.6 is 0 Å². The number of sulfonamides is 1. The average Bonchev–Trinajstić information content (AvgIpc) is 3.17. The highest BCUT2D eigenvalue weighted by atomic mass is 32.2. The van der Waals surface area contributed by atoms with Crippen LogP contribution in [0.3, 0.4) is 0 Å². The molecular weight excluding hydrogens is 372 g/mol. The van der Waals surface area contributed by atoms with Gasteiger partial charge in [0, 0.05) is 6.07 Å². The monoisotopic (exact) mass is 396 g/mol. The van der Waals surface area contributed by atoms with E-state index in [-0.39, 0.29) is 23.1 Å². The molecule has 2 rings (SSSR count). The molecule has 1 aromatic heterocycles. The van der Waals surface area contributed by atoms with Crippen molar-refractivity contribution in [3.8, 4) is 11.5 Å². The quantitative estimate of drug-likeness (QED) is 0.671. The lowest BCUT2D eigenvalue weighted by Crippen LogP contribution is -2.49. The maximum absolute atomic E-state index is 12.8. The first-order chi connectivity index (χ1) is 12.8. The van der Waals surface area contributed by atoms with Gasteiger partial charge in [0.1, 0.15) is 28.2 Å². The van der Waals surface area contributed by atoms with Crippen LogP contribution in [0.4, 0.5) is 0 Å². The van der Waals surface area contributed by atoms with Crippen LogP contribution in [0.5, 0.6) is 11.5 Å². The molecule has 2 N–H and O–H groups in total. The molecule has 0 saturated heterocycles. The van der Waals surface area contributed by atoms with E-state index < -0.39 is 22.0 Å². The average molecular weight is 396 g/mol. The Kier molecular flexibility index (Phi) is 6.86. The number of furan rings is 1. The lowest BCUT2D eigenvalue weighted by molar-refractivity contribution is -0.123. The number of carbonyl (C=O) groups is 1. The van der Waals surface area contributed by atoms with Crippen LogP contribution in [-0.2, 0) is 21.4 Å². The second-order valence-electron chi connectivity index (χ2n) is 6.16. The fraction of sp³-hybridized carbons (Fsp3) is 0.389. The minimum atomic E-state index is -4.00. The van der Waals surface area contributed by atoms with E-state index in [0.717, 1.165) is 0 Å². The van der Waals surface area contributed by atoms with Gasteiger partial charge in [0.05, 0.1) is 27.0 Å². The van der Waals surface area contributed by atoms with Crippen LogP contribution < -0.4 is 19.5 Å². The van der Waals surface area contributed by atoms with Gasteiger partial charge in [-0.3, -0.25) is 4.79 Å². The lowest BCUT2D eigenvalue weighted by Gasteiger charge is -2.22. The predicted molar refractivity (Wildman–Crippen MR) is 99.0 cm³/mol. The van der Waals surface area contributed by atoms with E-state index >= 15 is 0 Å². The second kappa shape index (κ2) is 8.92. The molecule has 0 aliphatic carbocycles. The van der Waals surface area contributed by atoms with E-state index in [2.05, 4.69) is 10.0 Å². The Labute approximate surface area is 158 Å². The summed E-state index contributed by atoms with van der Waals surface area (Å²) in [7, 11) is -1.17. The molecule has 0 fully saturated rings. The molecule has 1 amide bonds. The predicted octanol–water partition coefficient (Wildman–Crippen LogP) is 1.92. The van der Waals surface area contributed by atoms with Gasteiger partial charge in [-0.25, -0.2) is 8.42 Å². The molecule has 1 heterocycles. The number of benzene rings is 1. The highest BCUT2D eigenvalue weighted by Gasteiger charge is 2.30. The minimum absolute atomic E-state index is 0.0738. The van der Waals surface area contributed by atoms with Crippen LogP contribution in [0.15, 0.2) is 45.9 Å². The summed E-state index contributed by atoms with van der Waals surface area (Å²) in [5, 5.41) is 2.68. The van der Waals surface area contributed by atoms with Gasteiger partial charge >= 0.3 is 0 Å². The van der Waals surface area contributed by atoms with Crippen LogP contribution in [0, 0.1) is 5.92 Å². The number of rotatable bonds is 9. The fourth-order valence-corrected chi connectivity index (χ4v) is 3.91. The van der Waals surface area contributed by atoms with Gasteiger partial charge in [-0.05, 0) is 30.2 Å². The summed E-state index contributed by atoms with van der Waals surface area (Å²) in [6.07, 6.45) is 1.50. The molecule has 0 aliphatic rings. The molecule has 0 saturated carbocycles. The Morgan fingerprint density at radius 3 is 2.48 bits per heavy atom. The number of hydrogen-bond donors (Lipinski definition) is 2. The number of nitrogens with one attached hydrogen (secondary N) is 2. The Bertz CT molecular complexity index is 862. The molecule has 148 valence electrons. The van der Waals surface area contributed by atoms with E-state index in [4.69, 9.17) is 13.9 Å². The fourth-order valence-electron chi connectivity index (χ4n) is 2.42. The number of methoxy groups -OCH3 is 2. The van der Waals surface area contributed by atoms with Crippen molar-refractivity contribution in [3.05, 3.63) is 42.4 Å². The van der Waals surface area contributed by atoms with Crippen LogP contribution in [0.1, 0.15) is 19.6 Å². The zero-order valence-electron chi connectivity index (χ0n) is 15.7. The molecular formula is C18H24N2O6S. The van der Waals surface area contributed by atoms with Crippen molar-refractivity contribution in [1.82, 2.24) is 10.0 Å². The number of hydrogen-bond acceptors (Lipinski definition) is 6. The Morgan fingerprint density at radius 2 is 1.93 bits per heavy atom. The zero-order valence-corrected chi connectivity index (χ0v) is 16.5. The summed E-state index contributed by atoms with van der Waals surface area (Å²) >= 11 is 0. The van der Waals surface area contributed by atoms with E-state index in [1.54, 1.807) is 26.0 Å². The summed E-state index contributed by atoms with van der Waals surface area (Å²) < 4.78 is 43.5. The molecule has 0 bridgehead atoms. The lowest BCUT2D eigenvalue weighted by atomic mass is 10.1. The third kappa shape index (κ3) is 5.24. The molecule has 27 heavy (non-hydrogen) atoms. The first-order valence-electron chi connectivity index (χ1n) is 8.33. The SMILES string of the molecule is COc1ccc(S(=O)(=O)N[C@@H](C(=O)NCc2ccco2)C(C)C)c(OC)c1. The van der Waals surface area contributed by atoms with Crippen molar-refractivity contribution in [2.75, 3.05) is 14.2 Å². The third-order valence-electron chi connectivity index (χ3n) is 3.91. The summed E-state index contributed by atoms with van der Waals surface area (Å²) in [5.74, 6) is 0.436. The number of ether oxygens (including phenoxy) is 2. The molecule has 9 heteroatoms. The molecule has 0 aliphatic heterocycles. The van der Waals surface area contributed by atoms with Crippen molar-refractivity contribution >= 4 is 15.9 Å². The molecule has 0 spiro atoms. The highest BCUT2D eigenvalue weighted by Crippen LogP contribution is 2.28. The summed E-state index contributed by atoms with van der Waals surface area (Å²) in [5.41, 5.74) is 0. The van der Waals surface area contributed by atoms with Gasteiger partial charge < -0.3 is 19.2 Å². The maximum Gasteiger partial charge on any atom is 0.244 e. The zero-order chi connectivity index (χ0) is 20.0. The van der Waals surface area contributed by atoms with Gasteiger partial charge in [-0.2, -0.15) is 4.72 Å². The highest BCUT2D eigenvalue weighted by molar-refractivity contribution is 7.89. The van der Waals surface area contributed by atoms with Gasteiger partial charge in [-0.15, -0.1) is 0 Å². The van der Waals surface area contributed by atoms with E-state index in [0.29, 0.717) is 11.5 Å². The van der Waals surface area contributed by atoms with Gasteiger partial charge in [-0.1, -0.05) is 13.8 Å². The van der Waals surface area contributed by atoms with Crippen molar-refractivity contribution < 1.29 is 27.1 Å². The first-order valence-corrected chi connectivity index (χ1v) is 9.81. The second-order valence-corrected chi connectivity index (χ2v) is 7.84. The molecule has 0 radical (unpaired) electrons. The maximum atomic E-state index is 12.8. The number of carbonyl (C=O) groups excluding carboxylic acids is 1. The minimum Gasteiger partial charge on any atom is -0.497 e. The Hall–Kier alpha value is -2.52. The molecule has 1 aromatic carbocycles. The summed E-state index contributed by atoms with van der Waals surface area (Å²) in [4.78, 5) is 12.4. The van der Waals surface area contributed by atoms with Gasteiger partial charge in [0.15, 0.2) is 0 Å². The van der Waals surface area contributed by atoms with Crippen molar-refractivity contribution in [2.24, 2.45) is 5.92 Å². The summed E-state index contributed by atoms with van der Waals surface area (Å²) in [6, 6.07) is 6.82. The molecule has 2 aromatic rings. The molecule has 8 nitrogen and oxygen atoms in total. The van der Waals surface area contributed by atoms with Crippen molar-refractivity contribution in [1.29, 1.82) is 0 Å². The van der Waals surface area contributed by atoms with Crippen molar-refractivity contribution in [3.63, 3.8) is 0 Å². The topological polar surface area (TPSA) is 107 Å². The van der Waals surface area contributed by atoms with Crippen LogP contribution in [0.25, 0.3) is 0 Å². The normalized spacial score (nSPS) is 12.6. The molecule has 1 atom stereocenters. The summed E-state index contributed by atoms with van der Waals surface area (Å²) in [6.45, 7) is 3.68. The van der Waals surface area contributed by atoms with Crippen LogP contribution in [0.2, 0.25) is 0 Å².